The van der Waals surface area contributed by atoms with Gasteiger partial charge in [-0.05, 0) is 17.5 Å². The molecule has 3 N–H and O–H groups in total. The van der Waals surface area contributed by atoms with Gasteiger partial charge in [-0.2, -0.15) is 0 Å². The summed E-state index contributed by atoms with van der Waals surface area (Å²) < 4.78 is 4.87. The van der Waals surface area contributed by atoms with Crippen LogP contribution < -0.4 is 5.32 Å². The smallest absolute Gasteiger partial charge is 0.352 e. The van der Waals surface area contributed by atoms with Crippen LogP contribution in [-0.2, 0) is 41.0 Å². The number of rotatable bonds is 9. The molecule has 3 rings (SSSR count). The van der Waals surface area contributed by atoms with Crippen molar-refractivity contribution in [2.24, 2.45) is 5.92 Å². The highest BCUT2D eigenvalue weighted by Gasteiger charge is 2.54. The van der Waals surface area contributed by atoms with Crippen LogP contribution >= 0.6 is 23.4 Å². The molecule has 3 atom stereocenters. The second-order valence-electron chi connectivity index (χ2n) is 7.48. The van der Waals surface area contributed by atoms with E-state index in [1.807, 2.05) is 0 Å². The Morgan fingerprint density at radius 1 is 1.21 bits per heavy atom. The van der Waals surface area contributed by atoms with E-state index in [-0.39, 0.29) is 30.1 Å². The summed E-state index contributed by atoms with van der Waals surface area (Å²) in [6.45, 7) is 0.923. The summed E-state index contributed by atoms with van der Waals surface area (Å²) >= 11 is 6.94. The third-order valence-corrected chi connectivity index (χ3v) is 6.88. The van der Waals surface area contributed by atoms with Gasteiger partial charge in [0.2, 0.25) is 5.91 Å². The van der Waals surface area contributed by atoms with Crippen molar-refractivity contribution >= 4 is 53.1 Å². The highest BCUT2D eigenvalue weighted by molar-refractivity contribution is 8.00. The molecule has 1 fully saturated rings. The number of halogens is 1. The van der Waals surface area contributed by atoms with Gasteiger partial charge in [0, 0.05) is 24.1 Å². The maximum atomic E-state index is 12.7. The number of β-lactam (4-membered cyclic amide) rings is 1. The summed E-state index contributed by atoms with van der Waals surface area (Å²) in [7, 11) is 0. The number of fused-ring (bicyclic) bond motifs is 1. The normalized spacial score (nSPS) is 20.4. The minimum Gasteiger partial charge on any atom is -0.481 e. The minimum atomic E-state index is -1.43. The monoisotopic (exact) mass is 496 g/mol. The van der Waals surface area contributed by atoms with E-state index in [2.05, 4.69) is 5.32 Å². The van der Waals surface area contributed by atoms with Gasteiger partial charge in [-0.25, -0.2) is 4.79 Å². The van der Waals surface area contributed by atoms with Crippen LogP contribution in [0.5, 0.6) is 0 Å². The van der Waals surface area contributed by atoms with Gasteiger partial charge in [-0.1, -0.05) is 24.3 Å². The van der Waals surface area contributed by atoms with Crippen LogP contribution in [0.2, 0.25) is 0 Å². The van der Waals surface area contributed by atoms with Crippen LogP contribution in [0, 0.1) is 5.92 Å². The molecule has 0 aliphatic carbocycles. The first-order chi connectivity index (χ1) is 15.6. The van der Waals surface area contributed by atoms with E-state index in [1.165, 1.54) is 18.7 Å². The van der Waals surface area contributed by atoms with Crippen molar-refractivity contribution in [3.05, 3.63) is 46.7 Å². The maximum absolute atomic E-state index is 12.7. The summed E-state index contributed by atoms with van der Waals surface area (Å²) in [6, 6.07) is 5.77. The average molecular weight is 497 g/mol. The van der Waals surface area contributed by atoms with Gasteiger partial charge >= 0.3 is 17.9 Å². The van der Waals surface area contributed by atoms with Crippen LogP contribution in [-0.4, -0.2) is 68.6 Å². The van der Waals surface area contributed by atoms with Gasteiger partial charge in [-0.15, -0.1) is 23.4 Å². The van der Waals surface area contributed by atoms with Gasteiger partial charge in [0.05, 0.1) is 0 Å². The SMILES string of the molecule is CC(=O)OCC1=C(C(=O)O)N2C(=O)C(NC(=O)C(Cc3ccc(CCl)cc3)C(=O)O)C2SC1. The van der Waals surface area contributed by atoms with Crippen LogP contribution in [0.4, 0.5) is 0 Å². The Hall–Kier alpha value is -3.05. The Morgan fingerprint density at radius 3 is 2.39 bits per heavy atom. The number of aliphatic carboxylic acids is 2. The molecule has 2 aliphatic rings. The lowest BCUT2D eigenvalue weighted by Crippen LogP contribution is -2.71. The Kier molecular flexibility index (Phi) is 7.65. The number of esters is 1. The number of ether oxygens (including phenoxy) is 1. The summed E-state index contributed by atoms with van der Waals surface area (Å²) in [5.74, 6) is -5.76. The third-order valence-electron chi connectivity index (χ3n) is 5.23. The largest absolute Gasteiger partial charge is 0.481 e. The molecular weight excluding hydrogens is 476 g/mol. The number of nitrogens with zero attached hydrogens (tertiary/aromatic N) is 1. The average Bonchev–Trinajstić information content (AvgIpc) is 2.78. The minimum absolute atomic E-state index is 0.0843. The van der Waals surface area contributed by atoms with Gasteiger partial charge in [-0.3, -0.25) is 24.1 Å². The molecule has 0 bridgehead atoms. The summed E-state index contributed by atoms with van der Waals surface area (Å²) in [5.41, 5.74) is 1.44. The molecule has 1 aromatic carbocycles. The number of thioether (sulfide) groups is 1. The van der Waals surface area contributed by atoms with E-state index in [1.54, 1.807) is 24.3 Å². The molecular formula is C21H21ClN2O8S. The molecule has 1 aromatic rings. The molecule has 176 valence electrons. The van der Waals surface area contributed by atoms with Crippen molar-refractivity contribution in [3.63, 3.8) is 0 Å². The highest BCUT2D eigenvalue weighted by atomic mass is 35.5. The van der Waals surface area contributed by atoms with E-state index < -0.39 is 47.1 Å². The first-order valence-corrected chi connectivity index (χ1v) is 11.4. The van der Waals surface area contributed by atoms with Crippen molar-refractivity contribution in [3.8, 4) is 0 Å². The molecule has 10 nitrogen and oxygen atoms in total. The number of benzene rings is 1. The molecule has 2 aliphatic heterocycles. The second kappa shape index (κ2) is 10.3. The van der Waals surface area contributed by atoms with Crippen molar-refractivity contribution in [1.29, 1.82) is 0 Å². The van der Waals surface area contributed by atoms with Gasteiger partial charge in [0.25, 0.3) is 5.91 Å². The Balaban J connectivity index is 1.71. The molecule has 0 aromatic heterocycles. The lowest BCUT2D eigenvalue weighted by atomic mass is 9.96. The van der Waals surface area contributed by atoms with Crippen molar-refractivity contribution in [2.45, 2.75) is 30.6 Å². The summed E-state index contributed by atoms with van der Waals surface area (Å²) in [4.78, 5) is 61.0. The molecule has 0 radical (unpaired) electrons. The quantitative estimate of drug-likeness (QED) is 0.196. The van der Waals surface area contributed by atoms with E-state index in [9.17, 15) is 34.2 Å². The van der Waals surface area contributed by atoms with Crippen molar-refractivity contribution in [1.82, 2.24) is 10.2 Å². The Morgan fingerprint density at radius 2 is 1.85 bits per heavy atom. The maximum Gasteiger partial charge on any atom is 0.352 e. The third kappa shape index (κ3) is 5.31. The number of hydrogen-bond donors (Lipinski definition) is 3. The molecule has 2 heterocycles. The van der Waals surface area contributed by atoms with Crippen LogP contribution in [0.15, 0.2) is 35.5 Å². The first-order valence-electron chi connectivity index (χ1n) is 9.84. The fourth-order valence-electron chi connectivity index (χ4n) is 3.53. The second-order valence-corrected chi connectivity index (χ2v) is 8.85. The Bertz CT molecular complexity index is 1030. The molecule has 0 spiro atoms. The van der Waals surface area contributed by atoms with Gasteiger partial charge in [0.1, 0.15) is 29.6 Å². The molecule has 0 saturated carbocycles. The standard InChI is InChI=1S/C21H21ClN2O8S/c1-10(25)32-8-13-9-33-19-15(18(27)24(19)16(13)21(30)31)23-17(26)14(20(28)29)6-11-2-4-12(7-22)5-3-11/h2-5,14-15,19H,6-9H2,1H3,(H,23,26)(H,28,29)(H,30,31). The van der Waals surface area contributed by atoms with Crippen LogP contribution in [0.1, 0.15) is 18.1 Å². The Labute approximate surface area is 197 Å². The number of alkyl halides is 1. The number of carbonyl (C=O) groups excluding carboxylic acids is 3. The number of nitrogens with one attached hydrogen (secondary N) is 1. The predicted molar refractivity (Wildman–Crippen MR) is 117 cm³/mol. The molecule has 2 amide bonds. The first kappa shape index (κ1) is 24.6. The fourth-order valence-corrected chi connectivity index (χ4v) is 5.03. The fraction of sp³-hybridized carbons (Fsp3) is 0.381. The molecule has 1 saturated heterocycles. The van der Waals surface area contributed by atoms with Gasteiger partial charge < -0.3 is 20.3 Å². The number of carboxylic acids is 2. The van der Waals surface area contributed by atoms with E-state index in [0.29, 0.717) is 11.4 Å². The van der Waals surface area contributed by atoms with Crippen molar-refractivity contribution in [2.75, 3.05) is 12.4 Å². The zero-order chi connectivity index (χ0) is 24.3. The van der Waals surface area contributed by atoms with Crippen molar-refractivity contribution < 1.29 is 38.9 Å². The zero-order valence-electron chi connectivity index (χ0n) is 17.4. The lowest BCUT2D eigenvalue weighted by Gasteiger charge is -2.49. The lowest BCUT2D eigenvalue weighted by molar-refractivity contribution is -0.154. The van der Waals surface area contributed by atoms with E-state index >= 15 is 0 Å². The van der Waals surface area contributed by atoms with Crippen LogP contribution in [0.25, 0.3) is 0 Å². The number of hydrogen-bond acceptors (Lipinski definition) is 7. The number of carbonyl (C=O) groups is 5. The molecule has 12 heteroatoms. The van der Waals surface area contributed by atoms with Gasteiger partial charge in [0.15, 0.2) is 0 Å². The topological polar surface area (TPSA) is 150 Å². The zero-order valence-corrected chi connectivity index (χ0v) is 19.0. The molecule has 33 heavy (non-hydrogen) atoms. The summed E-state index contributed by atoms with van der Waals surface area (Å²) in [5, 5.41) is 20.9. The number of carboxylic acid groups (broad SMARTS) is 2. The summed E-state index contributed by atoms with van der Waals surface area (Å²) in [6.07, 6.45) is -0.0843. The number of amides is 2. The highest BCUT2D eigenvalue weighted by Crippen LogP contribution is 2.40. The van der Waals surface area contributed by atoms with Crippen LogP contribution in [0.3, 0.4) is 0 Å². The predicted octanol–water partition coefficient (Wildman–Crippen LogP) is 0.970. The van der Waals surface area contributed by atoms with E-state index in [0.717, 1.165) is 10.5 Å². The molecule has 3 unspecified atom stereocenters. The van der Waals surface area contributed by atoms with E-state index in [4.69, 9.17) is 16.3 Å².